The number of aromatic nitrogens is 2. The summed E-state index contributed by atoms with van der Waals surface area (Å²) in [6, 6.07) is 11.8. The molecule has 0 amide bonds. The summed E-state index contributed by atoms with van der Waals surface area (Å²) in [5, 5.41) is 13.1. The molecule has 1 fully saturated rings. The molecular formula is C29H34FN7O. The molecule has 1 saturated heterocycles. The van der Waals surface area contributed by atoms with Crippen molar-refractivity contribution in [3.05, 3.63) is 53.5 Å². The van der Waals surface area contributed by atoms with Crippen LogP contribution in [0.5, 0.6) is 5.75 Å². The van der Waals surface area contributed by atoms with Gasteiger partial charge < -0.3 is 24.8 Å². The summed E-state index contributed by atoms with van der Waals surface area (Å²) in [4.78, 5) is 15.9. The molecule has 0 radical (unpaired) electrons. The number of nitrogens with zero attached hydrogens (tertiary/aromatic N) is 6. The number of rotatable bonds is 5. The van der Waals surface area contributed by atoms with Crippen molar-refractivity contribution < 1.29 is 9.13 Å². The molecule has 2 aliphatic rings. The maximum absolute atomic E-state index is 15.2. The van der Waals surface area contributed by atoms with E-state index in [1.807, 2.05) is 31.2 Å². The molecule has 0 spiro atoms. The van der Waals surface area contributed by atoms with Crippen molar-refractivity contribution in [1.82, 2.24) is 14.9 Å². The molecule has 5 rings (SSSR count). The molecule has 1 aromatic heterocycles. The fourth-order valence-electron chi connectivity index (χ4n) is 5.31. The highest BCUT2D eigenvalue weighted by Gasteiger charge is 2.30. The van der Waals surface area contributed by atoms with Crippen molar-refractivity contribution in [1.29, 1.82) is 5.26 Å². The average molecular weight is 516 g/mol. The second-order valence-corrected chi connectivity index (χ2v) is 10.5. The Kier molecular flexibility index (Phi) is 7.09. The van der Waals surface area contributed by atoms with Crippen LogP contribution in [0.15, 0.2) is 36.5 Å². The largest absolute Gasteiger partial charge is 0.486 e. The monoisotopic (exact) mass is 515 g/mol. The molecule has 3 heterocycles. The van der Waals surface area contributed by atoms with Crippen LogP contribution in [0, 0.1) is 24.1 Å². The molecule has 1 atom stereocenters. The third-order valence-corrected chi connectivity index (χ3v) is 7.26. The van der Waals surface area contributed by atoms with Crippen LogP contribution in [-0.4, -0.2) is 66.8 Å². The van der Waals surface area contributed by atoms with Gasteiger partial charge in [0.2, 0.25) is 5.95 Å². The number of likely N-dealkylation sites (N-methyl/N-ethyl adjacent to an activating group) is 1. The van der Waals surface area contributed by atoms with E-state index in [1.54, 1.807) is 6.20 Å². The van der Waals surface area contributed by atoms with Crippen LogP contribution in [0.4, 0.5) is 27.4 Å². The zero-order valence-electron chi connectivity index (χ0n) is 22.6. The summed E-state index contributed by atoms with van der Waals surface area (Å²) in [7, 11) is 2.11. The van der Waals surface area contributed by atoms with Gasteiger partial charge in [0, 0.05) is 49.7 Å². The Morgan fingerprint density at radius 2 is 1.89 bits per heavy atom. The lowest BCUT2D eigenvalue weighted by Crippen LogP contribution is -2.45. The predicted octanol–water partition coefficient (Wildman–Crippen LogP) is 4.95. The number of nitrogens with one attached hydrogen (secondary N) is 1. The average Bonchev–Trinajstić information content (AvgIpc) is 2.89. The van der Waals surface area contributed by atoms with E-state index >= 15 is 4.39 Å². The lowest BCUT2D eigenvalue weighted by Gasteiger charge is -2.40. The van der Waals surface area contributed by atoms with Gasteiger partial charge >= 0.3 is 0 Å². The van der Waals surface area contributed by atoms with E-state index in [0.29, 0.717) is 29.4 Å². The van der Waals surface area contributed by atoms with Crippen LogP contribution >= 0.6 is 0 Å². The van der Waals surface area contributed by atoms with Gasteiger partial charge in [-0.15, -0.1) is 0 Å². The molecule has 3 aromatic rings. The molecule has 2 aliphatic heterocycles. The number of benzene rings is 2. The molecule has 198 valence electrons. The Hall–Kier alpha value is -3.90. The minimum absolute atomic E-state index is 0.129. The first-order valence-electron chi connectivity index (χ1n) is 13.1. The van der Waals surface area contributed by atoms with Gasteiger partial charge in [-0.3, -0.25) is 0 Å². The Labute approximate surface area is 223 Å². The Morgan fingerprint density at radius 3 is 2.61 bits per heavy atom. The van der Waals surface area contributed by atoms with Crippen LogP contribution in [-0.2, 0) is 0 Å². The maximum Gasteiger partial charge on any atom is 0.227 e. The van der Waals surface area contributed by atoms with Crippen LogP contribution in [0.25, 0.3) is 11.3 Å². The molecule has 0 aliphatic carbocycles. The molecule has 1 unspecified atom stereocenters. The smallest absolute Gasteiger partial charge is 0.227 e. The Morgan fingerprint density at radius 1 is 1.13 bits per heavy atom. The molecule has 0 saturated carbocycles. The van der Waals surface area contributed by atoms with Crippen LogP contribution in [0.1, 0.15) is 31.9 Å². The number of fused-ring (bicyclic) bond motifs is 1. The van der Waals surface area contributed by atoms with Crippen molar-refractivity contribution >= 4 is 23.0 Å². The first kappa shape index (κ1) is 25.7. The normalized spacial score (nSPS) is 17.7. The number of piperazine rings is 1. The lowest BCUT2D eigenvalue weighted by atomic mass is 10.0. The fraction of sp³-hybridized carbons (Fsp3) is 0.414. The fourth-order valence-corrected chi connectivity index (χ4v) is 5.31. The van der Waals surface area contributed by atoms with Crippen LogP contribution in [0.3, 0.4) is 0 Å². The van der Waals surface area contributed by atoms with Crippen molar-refractivity contribution in [2.24, 2.45) is 0 Å². The highest BCUT2D eigenvalue weighted by Crippen LogP contribution is 2.41. The van der Waals surface area contributed by atoms with Gasteiger partial charge in [-0.25, -0.2) is 14.4 Å². The SMILES string of the molecule is Cc1cnc(Nc2ccc(N3CCN(C)CC3)c(C#N)c2)nc1-c1cc(F)c2c(c1)N(C(C)C)C(C)CO2. The summed E-state index contributed by atoms with van der Waals surface area (Å²) in [6.45, 7) is 12.3. The second kappa shape index (κ2) is 10.5. The zero-order valence-corrected chi connectivity index (χ0v) is 22.6. The minimum Gasteiger partial charge on any atom is -0.486 e. The Balaban J connectivity index is 1.45. The Bertz CT molecular complexity index is 1380. The number of anilines is 4. The van der Waals surface area contributed by atoms with E-state index in [-0.39, 0.29) is 17.8 Å². The second-order valence-electron chi connectivity index (χ2n) is 10.5. The predicted molar refractivity (Wildman–Crippen MR) is 149 cm³/mol. The van der Waals surface area contributed by atoms with Gasteiger partial charge in [-0.05, 0) is 70.6 Å². The third kappa shape index (κ3) is 4.96. The number of ether oxygens (including phenoxy) is 1. The summed E-state index contributed by atoms with van der Waals surface area (Å²) < 4.78 is 21.0. The summed E-state index contributed by atoms with van der Waals surface area (Å²) in [5.74, 6) is 0.265. The molecule has 9 heteroatoms. The minimum atomic E-state index is -0.402. The number of nitriles is 1. The van der Waals surface area contributed by atoms with Gasteiger partial charge in [-0.2, -0.15) is 5.26 Å². The van der Waals surface area contributed by atoms with Gasteiger partial charge in [0.05, 0.1) is 28.7 Å². The molecule has 8 nitrogen and oxygen atoms in total. The number of halogens is 1. The van der Waals surface area contributed by atoms with Gasteiger partial charge in [0.1, 0.15) is 12.7 Å². The van der Waals surface area contributed by atoms with E-state index in [0.717, 1.165) is 48.8 Å². The summed E-state index contributed by atoms with van der Waals surface area (Å²) >= 11 is 0. The highest BCUT2D eigenvalue weighted by atomic mass is 19.1. The lowest BCUT2D eigenvalue weighted by molar-refractivity contribution is 0.252. The quantitative estimate of drug-likeness (QED) is 0.511. The van der Waals surface area contributed by atoms with Gasteiger partial charge in [0.25, 0.3) is 0 Å². The van der Waals surface area contributed by atoms with Crippen molar-refractivity contribution in [3.63, 3.8) is 0 Å². The summed E-state index contributed by atoms with van der Waals surface area (Å²) in [5.41, 5.74) is 5.13. The third-order valence-electron chi connectivity index (χ3n) is 7.26. The summed E-state index contributed by atoms with van der Waals surface area (Å²) in [6.07, 6.45) is 1.73. The number of hydrogen-bond acceptors (Lipinski definition) is 8. The van der Waals surface area contributed by atoms with E-state index in [1.165, 1.54) is 6.07 Å². The van der Waals surface area contributed by atoms with Crippen molar-refractivity contribution in [2.75, 3.05) is 55.0 Å². The van der Waals surface area contributed by atoms with Gasteiger partial charge in [-0.1, -0.05) is 0 Å². The molecule has 1 N–H and O–H groups in total. The van der Waals surface area contributed by atoms with Crippen LogP contribution in [0.2, 0.25) is 0 Å². The van der Waals surface area contributed by atoms with Crippen LogP contribution < -0.4 is 19.9 Å². The van der Waals surface area contributed by atoms with E-state index in [2.05, 4.69) is 58.9 Å². The van der Waals surface area contributed by atoms with E-state index in [9.17, 15) is 5.26 Å². The number of aryl methyl sites for hydroxylation is 1. The molecule has 2 aromatic carbocycles. The van der Waals surface area contributed by atoms with Gasteiger partial charge in [0.15, 0.2) is 11.6 Å². The topological polar surface area (TPSA) is 80.6 Å². The van der Waals surface area contributed by atoms with E-state index < -0.39 is 5.82 Å². The van der Waals surface area contributed by atoms with E-state index in [4.69, 9.17) is 9.72 Å². The number of hydrogen-bond donors (Lipinski definition) is 1. The first-order chi connectivity index (χ1) is 18.2. The molecular weight excluding hydrogens is 481 g/mol. The van der Waals surface area contributed by atoms with Crippen molar-refractivity contribution in [2.45, 2.75) is 39.8 Å². The molecule has 0 bridgehead atoms. The van der Waals surface area contributed by atoms with Crippen molar-refractivity contribution in [3.8, 4) is 23.1 Å². The zero-order chi connectivity index (χ0) is 27.0. The maximum atomic E-state index is 15.2. The highest BCUT2D eigenvalue weighted by molar-refractivity contribution is 5.75. The molecule has 38 heavy (non-hydrogen) atoms. The standard InChI is InChI=1S/C29H34FN7O/c1-18(2)37-20(4)17-38-28-24(30)13-21(14-26(28)37)27-19(3)16-32-29(34-27)33-23-6-7-25(22(12-23)15-31)36-10-8-35(5)9-11-36/h6-7,12-14,16,18,20H,8-11,17H2,1-5H3,(H,32,33,34). The first-order valence-corrected chi connectivity index (χ1v) is 13.1.